The van der Waals surface area contributed by atoms with Crippen molar-refractivity contribution >= 4 is 16.1 Å². The Hall–Kier alpha value is -1.90. The summed E-state index contributed by atoms with van der Waals surface area (Å²) in [6.45, 7) is 4.23. The minimum absolute atomic E-state index is 0.0879. The second-order valence-corrected chi connectivity index (χ2v) is 5.50. The molecule has 0 spiro atoms. The van der Waals surface area contributed by atoms with Crippen LogP contribution < -0.4 is 4.74 Å². The topological polar surface area (TPSA) is 99.1 Å². The molecule has 122 valence electrons. The number of benzene rings is 1. The Morgan fingerprint density at radius 2 is 1.91 bits per heavy atom. The number of hydrogen-bond acceptors (Lipinski definition) is 6. The first kappa shape index (κ1) is 18.1. The molecular weight excluding hydrogens is 312 g/mol. The largest absolute Gasteiger partial charge is 0.492 e. The molecule has 0 saturated carbocycles. The van der Waals surface area contributed by atoms with Crippen LogP contribution in [0.1, 0.15) is 6.42 Å². The fourth-order valence-corrected chi connectivity index (χ4v) is 2.12. The first-order valence-corrected chi connectivity index (χ1v) is 7.95. The predicted octanol–water partition coefficient (Wildman–Crippen LogP) is 1.45. The van der Waals surface area contributed by atoms with Crippen LogP contribution in [0.15, 0.2) is 41.8 Å². The summed E-state index contributed by atoms with van der Waals surface area (Å²) in [5, 5.41) is 0. The van der Waals surface area contributed by atoms with Crippen molar-refractivity contribution in [2.75, 3.05) is 26.4 Å². The van der Waals surface area contributed by atoms with E-state index in [4.69, 9.17) is 18.8 Å². The van der Waals surface area contributed by atoms with Crippen LogP contribution in [-0.4, -0.2) is 45.4 Å². The van der Waals surface area contributed by atoms with Crippen molar-refractivity contribution in [1.29, 1.82) is 0 Å². The third-order valence-electron chi connectivity index (χ3n) is 2.46. The summed E-state index contributed by atoms with van der Waals surface area (Å²) < 4.78 is 46.6. The second kappa shape index (κ2) is 9.19. The molecule has 0 aliphatic carbocycles. The molecule has 1 N–H and O–H groups in total. The maximum atomic E-state index is 11.1. The van der Waals surface area contributed by atoms with Crippen molar-refractivity contribution < 1.29 is 32.0 Å². The number of hydrogen-bond donors (Lipinski definition) is 1. The number of rotatable bonds is 10. The zero-order valence-corrected chi connectivity index (χ0v) is 12.8. The van der Waals surface area contributed by atoms with Gasteiger partial charge in [0, 0.05) is 19.1 Å². The van der Waals surface area contributed by atoms with Gasteiger partial charge < -0.3 is 14.2 Å². The van der Waals surface area contributed by atoms with E-state index in [9.17, 15) is 13.2 Å². The summed E-state index contributed by atoms with van der Waals surface area (Å²) in [7, 11) is -4.31. The van der Waals surface area contributed by atoms with Crippen molar-refractivity contribution in [2.45, 2.75) is 11.3 Å². The van der Waals surface area contributed by atoms with Gasteiger partial charge in [-0.3, -0.25) is 4.55 Å². The lowest BCUT2D eigenvalue weighted by molar-refractivity contribution is -0.139. The fourth-order valence-electron chi connectivity index (χ4n) is 1.49. The molecule has 0 bridgehead atoms. The van der Waals surface area contributed by atoms with Gasteiger partial charge in [-0.2, -0.15) is 8.42 Å². The smallest absolute Gasteiger partial charge is 0.330 e. The van der Waals surface area contributed by atoms with E-state index in [0.29, 0.717) is 13.0 Å². The van der Waals surface area contributed by atoms with Gasteiger partial charge in [0.05, 0.1) is 13.2 Å². The summed E-state index contributed by atoms with van der Waals surface area (Å²) in [6, 6.07) is 5.81. The molecule has 0 saturated heterocycles. The Balaban J connectivity index is 2.23. The molecule has 0 unspecified atom stereocenters. The molecule has 0 radical (unpaired) electrons. The van der Waals surface area contributed by atoms with E-state index in [0.717, 1.165) is 6.08 Å². The van der Waals surface area contributed by atoms with Crippen molar-refractivity contribution in [1.82, 2.24) is 0 Å². The quantitative estimate of drug-likeness (QED) is 0.300. The second-order valence-electron chi connectivity index (χ2n) is 4.11. The van der Waals surface area contributed by atoms with Gasteiger partial charge in [0.1, 0.15) is 17.3 Å². The number of ether oxygens (including phenoxy) is 3. The minimum atomic E-state index is -4.31. The molecule has 0 aliphatic heterocycles. The molecule has 1 rings (SSSR count). The lowest BCUT2D eigenvalue weighted by atomic mass is 10.3. The maximum Gasteiger partial charge on any atom is 0.330 e. The van der Waals surface area contributed by atoms with Gasteiger partial charge in [-0.15, -0.1) is 0 Å². The van der Waals surface area contributed by atoms with E-state index < -0.39 is 16.1 Å². The highest BCUT2D eigenvalue weighted by molar-refractivity contribution is 7.86. The molecule has 0 aliphatic rings. The van der Waals surface area contributed by atoms with E-state index in [1.807, 2.05) is 0 Å². The molecule has 1 aromatic rings. The van der Waals surface area contributed by atoms with Gasteiger partial charge in [0.25, 0.3) is 10.1 Å². The Bertz CT molecular complexity index is 595. The molecule has 7 nitrogen and oxygen atoms in total. The average Bonchev–Trinajstić information content (AvgIpc) is 2.49. The summed E-state index contributed by atoms with van der Waals surface area (Å²) in [6.07, 6.45) is 1.58. The van der Waals surface area contributed by atoms with Gasteiger partial charge in [-0.25, -0.2) is 4.79 Å². The fraction of sp³-hybridized carbons (Fsp3) is 0.357. The molecule has 0 heterocycles. The predicted molar refractivity (Wildman–Crippen MR) is 78.3 cm³/mol. The lowest BCUT2D eigenvalue weighted by Crippen LogP contribution is -2.11. The van der Waals surface area contributed by atoms with Crippen LogP contribution in [0, 0.1) is 0 Å². The lowest BCUT2D eigenvalue weighted by Gasteiger charge is -2.09. The molecule has 1 aromatic carbocycles. The first-order chi connectivity index (χ1) is 10.4. The summed E-state index contributed by atoms with van der Waals surface area (Å²) in [5.74, 6) is -0.418. The number of carbonyl (C=O) groups excluding carboxylic acids is 1. The van der Waals surface area contributed by atoms with Crippen LogP contribution in [0.25, 0.3) is 0 Å². The average molecular weight is 330 g/mol. The van der Waals surface area contributed by atoms with Gasteiger partial charge in [-0.1, -0.05) is 18.7 Å². The normalized spacial score (nSPS) is 11.0. The van der Waals surface area contributed by atoms with Crippen molar-refractivity contribution in [3.63, 3.8) is 0 Å². The zero-order chi connectivity index (χ0) is 16.4. The van der Waals surface area contributed by atoms with Crippen LogP contribution in [0.5, 0.6) is 5.75 Å². The SMILES string of the molecule is C=CC(=O)OCCOCCCOc1ccccc1S(=O)(=O)O. The molecule has 0 aromatic heterocycles. The van der Waals surface area contributed by atoms with Crippen LogP contribution in [-0.2, 0) is 24.4 Å². The molecular formula is C14H18O7S. The zero-order valence-electron chi connectivity index (χ0n) is 11.9. The van der Waals surface area contributed by atoms with Gasteiger partial charge >= 0.3 is 5.97 Å². The highest BCUT2D eigenvalue weighted by atomic mass is 32.2. The van der Waals surface area contributed by atoms with Crippen molar-refractivity contribution in [3.05, 3.63) is 36.9 Å². The third-order valence-corrected chi connectivity index (χ3v) is 3.35. The van der Waals surface area contributed by atoms with Crippen LogP contribution in [0.3, 0.4) is 0 Å². The van der Waals surface area contributed by atoms with Crippen LogP contribution in [0.2, 0.25) is 0 Å². The monoisotopic (exact) mass is 330 g/mol. The maximum absolute atomic E-state index is 11.1. The van der Waals surface area contributed by atoms with Gasteiger partial charge in [-0.05, 0) is 12.1 Å². The standard InChI is InChI=1S/C14H18O7S/c1-2-14(15)21-11-10-19-8-5-9-20-12-6-3-4-7-13(12)22(16,17)18/h2-4,6-7H,1,5,8-11H2,(H,16,17,18). The molecule has 22 heavy (non-hydrogen) atoms. The molecule has 0 atom stereocenters. The third kappa shape index (κ3) is 6.70. The Morgan fingerprint density at radius 3 is 2.59 bits per heavy atom. The van der Waals surface area contributed by atoms with Crippen molar-refractivity contribution in [3.8, 4) is 5.75 Å². The number of para-hydroxylation sites is 1. The Kier molecular flexibility index (Phi) is 7.58. The van der Waals surface area contributed by atoms with E-state index >= 15 is 0 Å². The minimum Gasteiger partial charge on any atom is -0.492 e. The Labute approximate surface area is 129 Å². The first-order valence-electron chi connectivity index (χ1n) is 6.51. The number of carbonyl (C=O) groups is 1. The highest BCUT2D eigenvalue weighted by Crippen LogP contribution is 2.22. The molecule has 0 fully saturated rings. The van der Waals surface area contributed by atoms with E-state index in [-0.39, 0.29) is 30.5 Å². The van der Waals surface area contributed by atoms with Crippen molar-refractivity contribution in [2.24, 2.45) is 0 Å². The van der Waals surface area contributed by atoms with E-state index in [1.165, 1.54) is 18.2 Å². The summed E-state index contributed by atoms with van der Waals surface area (Å²) >= 11 is 0. The molecule has 0 amide bonds. The van der Waals surface area contributed by atoms with Crippen LogP contribution >= 0.6 is 0 Å². The number of esters is 1. The molecule has 8 heteroatoms. The van der Waals surface area contributed by atoms with Gasteiger partial charge in [0.2, 0.25) is 0 Å². The Morgan fingerprint density at radius 1 is 1.18 bits per heavy atom. The van der Waals surface area contributed by atoms with E-state index in [1.54, 1.807) is 6.07 Å². The van der Waals surface area contributed by atoms with Gasteiger partial charge in [0.15, 0.2) is 0 Å². The summed E-state index contributed by atoms with van der Waals surface area (Å²) in [5.41, 5.74) is 0. The van der Waals surface area contributed by atoms with Crippen LogP contribution in [0.4, 0.5) is 0 Å². The van der Waals surface area contributed by atoms with E-state index in [2.05, 4.69) is 6.58 Å². The summed E-state index contributed by atoms with van der Waals surface area (Å²) in [4.78, 5) is 10.5. The highest BCUT2D eigenvalue weighted by Gasteiger charge is 2.15.